The third kappa shape index (κ3) is 3.45. The molecule has 32 heavy (non-hydrogen) atoms. The van der Waals surface area contributed by atoms with Crippen molar-refractivity contribution in [1.82, 2.24) is 14.4 Å². The summed E-state index contributed by atoms with van der Waals surface area (Å²) in [5, 5.41) is 2.52. The van der Waals surface area contributed by atoms with Gasteiger partial charge >= 0.3 is 0 Å². The highest BCUT2D eigenvalue weighted by Gasteiger charge is 2.21. The number of halogens is 3. The van der Waals surface area contributed by atoms with E-state index < -0.39 is 5.82 Å². The van der Waals surface area contributed by atoms with Crippen LogP contribution in [0.2, 0.25) is 0 Å². The number of carbonyl (C=O) groups excluding carboxylic acids is 1. The molecular formula is C24H14BrF2N3OS. The van der Waals surface area contributed by atoms with E-state index >= 15 is 4.39 Å². The summed E-state index contributed by atoms with van der Waals surface area (Å²) in [6.07, 6.45) is 2.39. The van der Waals surface area contributed by atoms with Gasteiger partial charge in [-0.15, -0.1) is 11.3 Å². The Morgan fingerprint density at radius 2 is 1.75 bits per heavy atom. The van der Waals surface area contributed by atoms with E-state index in [1.807, 2.05) is 11.4 Å². The summed E-state index contributed by atoms with van der Waals surface area (Å²) in [6.45, 7) is 1.69. The Kier molecular flexibility index (Phi) is 5.19. The SMILES string of the molecule is Cc1c(-c2nc(-c3ccc(F)cc3)cs2)ccc(-c2c(C=O)nc3ccc(Br)cn23)c1F. The summed E-state index contributed by atoms with van der Waals surface area (Å²) in [5.74, 6) is -0.752. The van der Waals surface area contributed by atoms with E-state index in [0.717, 1.165) is 10.0 Å². The van der Waals surface area contributed by atoms with Gasteiger partial charge in [0.05, 0.1) is 11.4 Å². The Morgan fingerprint density at radius 1 is 1.00 bits per heavy atom. The standard InChI is InChI=1S/C24H14BrF2N3OS/c1-13-17(24-29-20(12-32-24)14-2-5-16(26)6-3-14)7-8-18(22(13)27)23-19(11-31)28-21-9-4-15(25)10-30(21)23/h2-12H,1H3. The molecule has 0 spiro atoms. The van der Waals surface area contributed by atoms with Gasteiger partial charge in [0.25, 0.3) is 0 Å². The van der Waals surface area contributed by atoms with Gasteiger partial charge in [0.1, 0.15) is 28.0 Å². The number of nitrogens with zero attached hydrogens (tertiary/aromatic N) is 3. The van der Waals surface area contributed by atoms with Crippen LogP contribution in [0.25, 0.3) is 38.7 Å². The van der Waals surface area contributed by atoms with Crippen LogP contribution in [0.15, 0.2) is 64.6 Å². The Morgan fingerprint density at radius 3 is 2.50 bits per heavy atom. The minimum Gasteiger partial charge on any atom is -0.298 e. The first-order chi connectivity index (χ1) is 15.5. The fourth-order valence-electron chi connectivity index (χ4n) is 3.64. The van der Waals surface area contributed by atoms with Crippen molar-refractivity contribution in [2.24, 2.45) is 0 Å². The number of thiazole rings is 1. The maximum absolute atomic E-state index is 15.6. The molecule has 0 aliphatic carbocycles. The number of benzene rings is 2. The quantitative estimate of drug-likeness (QED) is 0.246. The monoisotopic (exact) mass is 509 g/mol. The van der Waals surface area contributed by atoms with Crippen molar-refractivity contribution >= 4 is 39.2 Å². The Hall–Kier alpha value is -3.23. The number of hydrogen-bond donors (Lipinski definition) is 0. The zero-order valence-corrected chi connectivity index (χ0v) is 19.0. The number of pyridine rings is 1. The van der Waals surface area contributed by atoms with Gasteiger partial charge in [-0.3, -0.25) is 9.20 Å². The predicted octanol–water partition coefficient (Wildman–Crippen LogP) is 6.95. The third-order valence-corrected chi connectivity index (χ3v) is 6.58. The second-order valence-electron chi connectivity index (χ2n) is 7.18. The summed E-state index contributed by atoms with van der Waals surface area (Å²) < 4.78 is 31.3. The van der Waals surface area contributed by atoms with Crippen molar-refractivity contribution in [2.75, 3.05) is 0 Å². The van der Waals surface area contributed by atoms with Gasteiger partial charge < -0.3 is 0 Å². The molecule has 5 aromatic rings. The zero-order valence-electron chi connectivity index (χ0n) is 16.6. The molecule has 0 aliphatic rings. The van der Waals surface area contributed by atoms with Crippen molar-refractivity contribution in [3.8, 4) is 33.1 Å². The van der Waals surface area contributed by atoms with Crippen molar-refractivity contribution in [3.05, 3.63) is 87.5 Å². The molecule has 5 rings (SSSR count). The molecule has 0 saturated carbocycles. The number of fused-ring (bicyclic) bond motifs is 1. The largest absolute Gasteiger partial charge is 0.298 e. The molecule has 158 valence electrons. The second-order valence-corrected chi connectivity index (χ2v) is 8.96. The van der Waals surface area contributed by atoms with Crippen LogP contribution in [-0.4, -0.2) is 20.7 Å². The smallest absolute Gasteiger partial charge is 0.170 e. The maximum Gasteiger partial charge on any atom is 0.170 e. The van der Waals surface area contributed by atoms with Gasteiger partial charge in [-0.1, -0.05) is 6.07 Å². The van der Waals surface area contributed by atoms with E-state index in [1.54, 1.807) is 47.9 Å². The molecule has 0 unspecified atom stereocenters. The molecule has 0 fully saturated rings. The Labute approximate surface area is 194 Å². The number of carbonyl (C=O) groups is 1. The molecule has 0 atom stereocenters. The summed E-state index contributed by atoms with van der Waals surface area (Å²) in [6, 6.07) is 13.1. The number of aromatic nitrogens is 3. The van der Waals surface area contributed by atoms with Crippen molar-refractivity contribution in [1.29, 1.82) is 0 Å². The van der Waals surface area contributed by atoms with Crippen LogP contribution in [-0.2, 0) is 0 Å². The van der Waals surface area contributed by atoms with E-state index in [2.05, 4.69) is 25.9 Å². The van der Waals surface area contributed by atoms with E-state index in [4.69, 9.17) is 0 Å². The molecule has 8 heteroatoms. The Bertz CT molecular complexity index is 1490. The lowest BCUT2D eigenvalue weighted by molar-refractivity contribution is 0.112. The highest BCUT2D eigenvalue weighted by Crippen LogP contribution is 2.36. The van der Waals surface area contributed by atoms with Gasteiger partial charge in [-0.05, 0) is 70.9 Å². The summed E-state index contributed by atoms with van der Waals surface area (Å²) in [7, 11) is 0. The fraction of sp³-hybridized carbons (Fsp3) is 0.0417. The number of hydrogen-bond acceptors (Lipinski definition) is 4. The molecule has 0 N–H and O–H groups in total. The Balaban J connectivity index is 1.61. The zero-order chi connectivity index (χ0) is 22.4. The predicted molar refractivity (Wildman–Crippen MR) is 125 cm³/mol. The van der Waals surface area contributed by atoms with Crippen LogP contribution >= 0.6 is 27.3 Å². The summed E-state index contributed by atoms with van der Waals surface area (Å²) >= 11 is 4.80. The highest BCUT2D eigenvalue weighted by atomic mass is 79.9. The van der Waals surface area contributed by atoms with E-state index in [0.29, 0.717) is 39.5 Å². The van der Waals surface area contributed by atoms with Gasteiger partial charge in [0.15, 0.2) is 6.29 Å². The van der Waals surface area contributed by atoms with Gasteiger partial charge in [0, 0.05) is 32.7 Å². The lowest BCUT2D eigenvalue weighted by Crippen LogP contribution is -1.97. The second kappa shape index (κ2) is 8.03. The van der Waals surface area contributed by atoms with Crippen LogP contribution in [0, 0.1) is 18.6 Å². The molecule has 0 saturated heterocycles. The van der Waals surface area contributed by atoms with Gasteiger partial charge in [-0.25, -0.2) is 18.7 Å². The maximum atomic E-state index is 15.6. The first-order valence-electron chi connectivity index (χ1n) is 9.60. The molecule has 0 radical (unpaired) electrons. The minimum absolute atomic E-state index is 0.169. The molecule has 0 amide bonds. The normalized spacial score (nSPS) is 11.2. The van der Waals surface area contributed by atoms with Crippen molar-refractivity contribution in [2.45, 2.75) is 6.92 Å². The summed E-state index contributed by atoms with van der Waals surface area (Å²) in [5.41, 5.74) is 3.97. The molecule has 0 aliphatic heterocycles. The van der Waals surface area contributed by atoms with Crippen molar-refractivity contribution < 1.29 is 13.6 Å². The fourth-order valence-corrected chi connectivity index (χ4v) is 4.89. The third-order valence-electron chi connectivity index (χ3n) is 5.24. The van der Waals surface area contributed by atoms with Crippen LogP contribution in [0.4, 0.5) is 8.78 Å². The number of imidazole rings is 1. The van der Waals surface area contributed by atoms with Gasteiger partial charge in [0.2, 0.25) is 0 Å². The number of aldehydes is 1. The molecule has 0 bridgehead atoms. The molecule has 4 nitrogen and oxygen atoms in total. The lowest BCUT2D eigenvalue weighted by atomic mass is 10.0. The topological polar surface area (TPSA) is 47.3 Å². The van der Waals surface area contributed by atoms with E-state index in [1.165, 1.54) is 23.5 Å². The first-order valence-corrected chi connectivity index (χ1v) is 11.3. The molecule has 2 aromatic carbocycles. The average molecular weight is 510 g/mol. The summed E-state index contributed by atoms with van der Waals surface area (Å²) in [4.78, 5) is 20.6. The lowest BCUT2D eigenvalue weighted by Gasteiger charge is -2.10. The van der Waals surface area contributed by atoms with Crippen LogP contribution < -0.4 is 0 Å². The van der Waals surface area contributed by atoms with Crippen molar-refractivity contribution in [3.63, 3.8) is 0 Å². The molecule has 3 heterocycles. The van der Waals surface area contributed by atoms with Gasteiger partial charge in [-0.2, -0.15) is 0 Å². The van der Waals surface area contributed by atoms with Crippen LogP contribution in [0.1, 0.15) is 16.1 Å². The van der Waals surface area contributed by atoms with E-state index in [9.17, 15) is 9.18 Å². The number of rotatable bonds is 4. The first kappa shape index (κ1) is 20.7. The highest BCUT2D eigenvalue weighted by molar-refractivity contribution is 9.10. The van der Waals surface area contributed by atoms with E-state index in [-0.39, 0.29) is 17.1 Å². The minimum atomic E-state index is -0.439. The molecular weight excluding hydrogens is 496 g/mol. The van der Waals surface area contributed by atoms with Crippen LogP contribution in [0.3, 0.4) is 0 Å². The average Bonchev–Trinajstić information content (AvgIpc) is 3.41. The molecule has 3 aromatic heterocycles. The van der Waals surface area contributed by atoms with Crippen LogP contribution in [0.5, 0.6) is 0 Å².